The fourth-order valence-electron chi connectivity index (χ4n) is 3.58. The van der Waals surface area contributed by atoms with Crippen LogP contribution in [-0.4, -0.2) is 38.5 Å². The minimum atomic E-state index is -4.51. The second-order valence-corrected chi connectivity index (χ2v) is 9.34. The number of quaternary nitrogens is 1. The van der Waals surface area contributed by atoms with Crippen LogP contribution in [-0.2, 0) is 15.6 Å². The van der Waals surface area contributed by atoms with Crippen molar-refractivity contribution in [3.05, 3.63) is 35.4 Å². The molecule has 2 N–H and O–H groups in total. The van der Waals surface area contributed by atoms with Gasteiger partial charge in [-0.25, -0.2) is 4.57 Å². The summed E-state index contributed by atoms with van der Waals surface area (Å²) in [5.41, 5.74) is 2.55. The molecule has 1 aliphatic rings. The molecule has 0 radical (unpaired) electrons. The highest BCUT2D eigenvalue weighted by Gasteiger charge is 2.46. The molecule has 1 aromatic rings. The Kier molecular flexibility index (Phi) is 6.31. The molecular weight excluding hydrogens is 428 g/mol. The van der Waals surface area contributed by atoms with Crippen LogP contribution < -0.4 is 0 Å². The molecule has 0 aliphatic carbocycles. The first-order valence-electron chi connectivity index (χ1n) is 7.98. The van der Waals surface area contributed by atoms with Gasteiger partial charge in [-0.1, -0.05) is 71.7 Å². The third-order valence-electron chi connectivity index (χ3n) is 4.41. The van der Waals surface area contributed by atoms with Crippen LogP contribution in [0.4, 0.5) is 0 Å². The Labute approximate surface area is 152 Å². The summed E-state index contributed by atoms with van der Waals surface area (Å²) >= 11 is 2.48. The van der Waals surface area contributed by atoms with Crippen LogP contribution in [0.5, 0.6) is 0 Å². The van der Waals surface area contributed by atoms with Gasteiger partial charge in [0.15, 0.2) is 0 Å². The lowest BCUT2D eigenvalue weighted by atomic mass is 9.84. The molecule has 7 heteroatoms. The molecule has 0 aromatic heterocycles. The summed E-state index contributed by atoms with van der Waals surface area (Å²) in [4.78, 5) is 18.5. The maximum atomic E-state index is 11.3. The van der Waals surface area contributed by atoms with E-state index in [9.17, 15) is 14.4 Å². The molecule has 5 nitrogen and oxygen atoms in total. The predicted molar refractivity (Wildman–Crippen MR) is 99.2 cm³/mol. The number of likely N-dealkylation sites (tertiary alicyclic amines) is 1. The first-order valence-corrected chi connectivity index (χ1v) is 10.8. The van der Waals surface area contributed by atoms with Crippen molar-refractivity contribution in [1.82, 2.24) is 0 Å². The third kappa shape index (κ3) is 5.25. The zero-order valence-electron chi connectivity index (χ0n) is 13.9. The van der Waals surface area contributed by atoms with E-state index in [1.54, 1.807) is 7.05 Å². The van der Waals surface area contributed by atoms with Crippen molar-refractivity contribution in [2.45, 2.75) is 36.5 Å². The van der Waals surface area contributed by atoms with Crippen molar-refractivity contribution in [3.8, 4) is 0 Å². The molecule has 1 aromatic carbocycles. The van der Waals surface area contributed by atoms with Crippen LogP contribution in [0.2, 0.25) is 0 Å². The monoisotopic (exact) mass is 454 g/mol. The van der Waals surface area contributed by atoms with Gasteiger partial charge in [-0.2, -0.15) is 4.65 Å². The van der Waals surface area contributed by atoms with E-state index in [-0.39, 0.29) is 10.6 Å². The Bertz CT molecular complexity index is 593. The number of nitrogens with zero attached hydrogens (tertiary/aromatic N) is 1. The van der Waals surface area contributed by atoms with E-state index in [0.29, 0.717) is 22.9 Å². The number of halogens is 1. The number of alkyl halides is 1. The summed E-state index contributed by atoms with van der Waals surface area (Å²) < 4.78 is 16.8. The normalized spacial score (nSPS) is 32.0. The van der Waals surface area contributed by atoms with Gasteiger partial charge in [0.05, 0.1) is 7.05 Å². The topological polar surface area (TPSA) is 66.8 Å². The van der Waals surface area contributed by atoms with Gasteiger partial charge in [-0.3, -0.25) is 9.79 Å². The fourth-order valence-corrected chi connectivity index (χ4v) is 5.10. The smallest absolute Gasteiger partial charge is 0.300 e. The molecule has 4 atom stereocenters. The third-order valence-corrected chi connectivity index (χ3v) is 7.11. The van der Waals surface area contributed by atoms with Crippen molar-refractivity contribution in [2.75, 3.05) is 20.1 Å². The number of rotatable bonds is 5. The van der Waals surface area contributed by atoms with Crippen molar-refractivity contribution in [2.24, 2.45) is 5.92 Å². The largest absolute Gasteiger partial charge is 0.515 e. The highest BCUT2D eigenvalue weighted by atomic mass is 127. The molecule has 0 amide bonds. The van der Waals surface area contributed by atoms with Crippen LogP contribution in [0.25, 0.3) is 0 Å². The Hall–Kier alpha value is 0.0200. The van der Waals surface area contributed by atoms with E-state index in [1.807, 2.05) is 0 Å². The molecule has 4 unspecified atom stereocenters. The molecule has 130 valence electrons. The van der Waals surface area contributed by atoms with Crippen molar-refractivity contribution < 1.29 is 23.6 Å². The summed E-state index contributed by atoms with van der Waals surface area (Å²) in [7, 11) is -2.75. The lowest BCUT2D eigenvalue weighted by Gasteiger charge is -2.43. The summed E-state index contributed by atoms with van der Waals surface area (Å²) in [6.07, 6.45) is 2.15. The van der Waals surface area contributed by atoms with E-state index < -0.39 is 7.82 Å². The maximum Gasteiger partial charge on any atom is 0.515 e. The molecule has 0 bridgehead atoms. The highest BCUT2D eigenvalue weighted by molar-refractivity contribution is 14.1. The quantitative estimate of drug-likeness (QED) is 0.309. The van der Waals surface area contributed by atoms with Gasteiger partial charge in [0.25, 0.3) is 0 Å². The molecule has 1 saturated heterocycles. The summed E-state index contributed by atoms with van der Waals surface area (Å²) in [6, 6.07) is 8.58. The molecule has 1 aliphatic heterocycles. The number of hydrogen-bond donors (Lipinski definition) is 2. The van der Waals surface area contributed by atoms with E-state index in [0.717, 1.165) is 12.8 Å². The number of likely N-dealkylation sites (N-methyl/N-ethyl adjacent to an activating group) is 1. The SMILES string of the molecule is CCCc1cccc(C2C[N+](C)(OP(=O)(O)O)CC(C)C2I)c1. The second-order valence-electron chi connectivity index (χ2n) is 6.76. The summed E-state index contributed by atoms with van der Waals surface area (Å²) in [6.45, 7) is 5.46. The summed E-state index contributed by atoms with van der Waals surface area (Å²) in [5.74, 6) is 0.522. The molecule has 2 rings (SSSR count). The van der Waals surface area contributed by atoms with Gasteiger partial charge in [-0.15, -0.1) is 0 Å². The average Bonchev–Trinajstić information content (AvgIpc) is 2.41. The van der Waals surface area contributed by atoms with E-state index in [1.165, 1.54) is 11.1 Å². The van der Waals surface area contributed by atoms with Gasteiger partial charge in [0.1, 0.15) is 13.1 Å². The standard InChI is InChI=1S/C16H25INO4P/c1-4-6-13-7-5-8-14(9-13)15-11-18(3,22-23(19,20)21)10-12(2)16(15)17/h5,7-9,12,15-16H,4,6,10-11H2,1-3H3,(H-,19,20,21)/p+1. The van der Waals surface area contributed by atoms with E-state index in [4.69, 9.17) is 4.62 Å². The fraction of sp³-hybridized carbons (Fsp3) is 0.625. The van der Waals surface area contributed by atoms with Crippen LogP contribution in [0, 0.1) is 5.92 Å². The molecule has 1 fully saturated rings. The van der Waals surface area contributed by atoms with Crippen LogP contribution in [0.3, 0.4) is 0 Å². The first-order chi connectivity index (χ1) is 10.6. The number of hydroxylamine groups is 3. The number of hydrogen-bond acceptors (Lipinski definition) is 2. The highest BCUT2D eigenvalue weighted by Crippen LogP contribution is 2.45. The Balaban J connectivity index is 2.29. The van der Waals surface area contributed by atoms with Crippen LogP contribution in [0.1, 0.15) is 37.3 Å². The first kappa shape index (κ1) is 19.3. The van der Waals surface area contributed by atoms with E-state index in [2.05, 4.69) is 60.7 Å². The van der Waals surface area contributed by atoms with E-state index >= 15 is 0 Å². The lowest BCUT2D eigenvalue weighted by Crippen LogP contribution is -2.55. The number of aryl methyl sites for hydroxylation is 1. The molecule has 23 heavy (non-hydrogen) atoms. The van der Waals surface area contributed by atoms with Gasteiger partial charge >= 0.3 is 7.82 Å². The number of benzene rings is 1. The Morgan fingerprint density at radius 3 is 2.70 bits per heavy atom. The van der Waals surface area contributed by atoms with Crippen LogP contribution >= 0.6 is 30.4 Å². The number of piperidine rings is 1. The average molecular weight is 454 g/mol. The summed E-state index contributed by atoms with van der Waals surface area (Å²) in [5, 5.41) is 0. The zero-order chi connectivity index (χ0) is 17.3. The minimum absolute atomic E-state index is 0.0480. The Morgan fingerprint density at radius 2 is 2.09 bits per heavy atom. The van der Waals surface area contributed by atoms with Crippen molar-refractivity contribution in [3.63, 3.8) is 0 Å². The van der Waals surface area contributed by atoms with Crippen molar-refractivity contribution in [1.29, 1.82) is 0 Å². The molecular formula is C16H26INO4P+. The van der Waals surface area contributed by atoms with Gasteiger partial charge in [0.2, 0.25) is 0 Å². The minimum Gasteiger partial charge on any atom is -0.300 e. The predicted octanol–water partition coefficient (Wildman–Crippen LogP) is 3.65. The maximum absolute atomic E-state index is 11.3. The number of phosphoric acid groups is 1. The molecule has 1 heterocycles. The van der Waals surface area contributed by atoms with Crippen LogP contribution in [0.15, 0.2) is 24.3 Å². The van der Waals surface area contributed by atoms with Gasteiger partial charge in [-0.05, 0) is 17.5 Å². The van der Waals surface area contributed by atoms with Crippen molar-refractivity contribution >= 4 is 30.4 Å². The van der Waals surface area contributed by atoms with Gasteiger partial charge in [0, 0.05) is 15.8 Å². The second kappa shape index (κ2) is 7.50. The Morgan fingerprint density at radius 1 is 1.39 bits per heavy atom. The lowest BCUT2D eigenvalue weighted by molar-refractivity contribution is -1.07. The van der Waals surface area contributed by atoms with Gasteiger partial charge < -0.3 is 0 Å². The zero-order valence-corrected chi connectivity index (χ0v) is 16.9. The molecule has 0 spiro atoms. The molecule has 0 saturated carbocycles.